The third-order valence-electron chi connectivity index (χ3n) is 7.39. The molecular formula is C28H36FN3O3. The van der Waals surface area contributed by atoms with Crippen LogP contribution in [0.25, 0.3) is 0 Å². The Labute approximate surface area is 207 Å². The van der Waals surface area contributed by atoms with Gasteiger partial charge in [0.05, 0.1) is 6.61 Å². The Hall–Kier alpha value is -2.93. The van der Waals surface area contributed by atoms with Gasteiger partial charge in [0.1, 0.15) is 11.6 Å². The zero-order valence-corrected chi connectivity index (χ0v) is 20.6. The van der Waals surface area contributed by atoms with Gasteiger partial charge in [-0.05, 0) is 56.1 Å². The number of carbonyl (C=O) groups excluding carboxylic acids is 2. The lowest BCUT2D eigenvalue weighted by molar-refractivity contribution is -0.139. The Morgan fingerprint density at radius 1 is 0.857 bits per heavy atom. The molecule has 188 valence electrons. The van der Waals surface area contributed by atoms with Gasteiger partial charge >= 0.3 is 0 Å². The summed E-state index contributed by atoms with van der Waals surface area (Å²) >= 11 is 0. The summed E-state index contributed by atoms with van der Waals surface area (Å²) in [5.74, 6) is 0.830. The number of rotatable bonds is 8. The van der Waals surface area contributed by atoms with Gasteiger partial charge in [-0.1, -0.05) is 30.3 Å². The van der Waals surface area contributed by atoms with E-state index < -0.39 is 0 Å². The summed E-state index contributed by atoms with van der Waals surface area (Å²) in [5.41, 5.74) is 0.671. The first-order valence-corrected chi connectivity index (χ1v) is 12.6. The van der Waals surface area contributed by atoms with Crippen molar-refractivity contribution in [1.82, 2.24) is 14.7 Å². The average Bonchev–Trinajstić information content (AvgIpc) is 2.88. The van der Waals surface area contributed by atoms with Gasteiger partial charge in [-0.2, -0.15) is 0 Å². The number of benzene rings is 2. The van der Waals surface area contributed by atoms with Crippen molar-refractivity contribution in [2.45, 2.75) is 32.1 Å². The molecule has 2 amide bonds. The van der Waals surface area contributed by atoms with E-state index in [1.54, 1.807) is 12.1 Å². The van der Waals surface area contributed by atoms with E-state index in [1.807, 2.05) is 40.1 Å². The molecule has 2 heterocycles. The van der Waals surface area contributed by atoms with Crippen LogP contribution in [0.5, 0.6) is 5.75 Å². The van der Waals surface area contributed by atoms with Crippen molar-refractivity contribution in [3.8, 4) is 5.75 Å². The van der Waals surface area contributed by atoms with Gasteiger partial charge < -0.3 is 19.4 Å². The molecule has 6 nitrogen and oxygen atoms in total. The van der Waals surface area contributed by atoms with Crippen molar-refractivity contribution < 1.29 is 18.7 Å². The lowest BCUT2D eigenvalue weighted by Crippen LogP contribution is -2.51. The summed E-state index contributed by atoms with van der Waals surface area (Å²) in [6, 6.07) is 16.0. The van der Waals surface area contributed by atoms with Crippen LogP contribution in [0.2, 0.25) is 0 Å². The number of carbonyl (C=O) groups is 2. The molecular weight excluding hydrogens is 445 g/mol. The molecule has 0 aromatic heterocycles. The Morgan fingerprint density at radius 3 is 2.14 bits per heavy atom. The lowest BCUT2D eigenvalue weighted by atomic mass is 9.75. The molecule has 0 saturated carbocycles. The zero-order valence-electron chi connectivity index (χ0n) is 20.6. The number of piperazine rings is 1. The summed E-state index contributed by atoms with van der Waals surface area (Å²) in [5, 5.41) is 0. The molecule has 2 aromatic carbocycles. The van der Waals surface area contributed by atoms with Gasteiger partial charge in [-0.3, -0.25) is 9.59 Å². The monoisotopic (exact) mass is 481 g/mol. The largest absolute Gasteiger partial charge is 0.493 e. The number of likely N-dealkylation sites (tertiary alicyclic amines) is 1. The molecule has 0 spiro atoms. The number of hydrogen-bond acceptors (Lipinski definition) is 4. The molecule has 0 unspecified atom stereocenters. The topological polar surface area (TPSA) is 53.1 Å². The smallest absolute Gasteiger partial charge is 0.223 e. The number of nitrogens with zero attached hydrogens (tertiary/aromatic N) is 3. The molecule has 4 rings (SSSR count). The highest BCUT2D eigenvalue weighted by molar-refractivity contribution is 5.78. The van der Waals surface area contributed by atoms with E-state index in [9.17, 15) is 14.0 Å². The molecule has 7 heteroatoms. The molecule has 0 radical (unpaired) electrons. The molecule has 0 aliphatic carbocycles. The summed E-state index contributed by atoms with van der Waals surface area (Å²) in [4.78, 5) is 32.2. The van der Waals surface area contributed by atoms with Crippen LogP contribution in [-0.4, -0.2) is 79.4 Å². The van der Waals surface area contributed by atoms with Crippen molar-refractivity contribution >= 4 is 11.8 Å². The molecule has 0 N–H and O–H groups in total. The van der Waals surface area contributed by atoms with E-state index >= 15 is 0 Å². The predicted molar refractivity (Wildman–Crippen MR) is 134 cm³/mol. The quantitative estimate of drug-likeness (QED) is 0.578. The van der Waals surface area contributed by atoms with Crippen LogP contribution >= 0.6 is 0 Å². The van der Waals surface area contributed by atoms with Gasteiger partial charge in [0.25, 0.3) is 0 Å². The molecule has 2 aliphatic rings. The Balaban J connectivity index is 1.35. The molecule has 0 atom stereocenters. The van der Waals surface area contributed by atoms with Crippen LogP contribution in [0.1, 0.15) is 31.2 Å². The predicted octanol–water partition coefficient (Wildman–Crippen LogP) is 3.61. The van der Waals surface area contributed by atoms with Crippen LogP contribution < -0.4 is 4.74 Å². The van der Waals surface area contributed by atoms with E-state index in [0.29, 0.717) is 39.0 Å². The first-order valence-electron chi connectivity index (χ1n) is 12.6. The molecule has 2 fully saturated rings. The number of hydrogen-bond donors (Lipinski definition) is 0. The van der Waals surface area contributed by atoms with Crippen molar-refractivity contribution in [3.05, 3.63) is 66.0 Å². The molecule has 2 saturated heterocycles. The number of piperidine rings is 1. The third-order valence-corrected chi connectivity index (χ3v) is 7.39. The standard InChI is InChI=1S/C28H36FN3O3/c1-30-17-19-32(20-18-30)27(34)21-28(22-35-25-5-3-2-4-6-25)13-15-31(16-14-28)26(33)12-9-23-7-10-24(29)11-8-23/h2-8,10-11H,9,12-22H2,1H3. The summed E-state index contributed by atoms with van der Waals surface area (Å²) in [7, 11) is 2.08. The zero-order chi connectivity index (χ0) is 24.7. The van der Waals surface area contributed by atoms with Gasteiger partial charge in [0.15, 0.2) is 0 Å². The molecule has 2 aromatic rings. The molecule has 35 heavy (non-hydrogen) atoms. The summed E-state index contributed by atoms with van der Waals surface area (Å²) in [6.45, 7) is 5.03. The lowest BCUT2D eigenvalue weighted by Gasteiger charge is -2.43. The van der Waals surface area contributed by atoms with Crippen LogP contribution in [-0.2, 0) is 16.0 Å². The van der Waals surface area contributed by atoms with Crippen molar-refractivity contribution in [2.24, 2.45) is 5.41 Å². The number of amides is 2. The third kappa shape index (κ3) is 7.04. The summed E-state index contributed by atoms with van der Waals surface area (Å²) < 4.78 is 19.3. The maximum atomic E-state index is 13.2. The first kappa shape index (κ1) is 25.2. The number of para-hydroxylation sites is 1. The van der Waals surface area contributed by atoms with E-state index in [4.69, 9.17) is 4.74 Å². The van der Waals surface area contributed by atoms with Gasteiger partial charge in [0, 0.05) is 57.5 Å². The fraction of sp³-hybridized carbons (Fsp3) is 0.500. The second-order valence-electron chi connectivity index (χ2n) is 9.97. The fourth-order valence-electron chi connectivity index (χ4n) is 4.90. The van der Waals surface area contributed by atoms with Crippen molar-refractivity contribution in [3.63, 3.8) is 0 Å². The SMILES string of the molecule is CN1CCN(C(=O)CC2(COc3ccccc3)CCN(C(=O)CCc3ccc(F)cc3)CC2)CC1. The Kier molecular flexibility index (Phi) is 8.39. The normalized spacial score (nSPS) is 18.3. The fourth-order valence-corrected chi connectivity index (χ4v) is 4.90. The highest BCUT2D eigenvalue weighted by Gasteiger charge is 2.40. The molecule has 2 aliphatic heterocycles. The van der Waals surface area contributed by atoms with Gasteiger partial charge in [-0.15, -0.1) is 0 Å². The van der Waals surface area contributed by atoms with E-state index in [0.717, 1.165) is 50.3 Å². The maximum absolute atomic E-state index is 13.2. The van der Waals surface area contributed by atoms with Crippen molar-refractivity contribution in [2.75, 3.05) is 52.9 Å². The first-order chi connectivity index (χ1) is 16.9. The number of halogens is 1. The maximum Gasteiger partial charge on any atom is 0.223 e. The minimum Gasteiger partial charge on any atom is -0.493 e. The summed E-state index contributed by atoms with van der Waals surface area (Å²) in [6.07, 6.45) is 2.92. The van der Waals surface area contributed by atoms with E-state index in [-0.39, 0.29) is 23.0 Å². The van der Waals surface area contributed by atoms with Crippen LogP contribution in [0.3, 0.4) is 0 Å². The second-order valence-corrected chi connectivity index (χ2v) is 9.97. The second kappa shape index (κ2) is 11.7. The Morgan fingerprint density at radius 2 is 1.49 bits per heavy atom. The highest BCUT2D eigenvalue weighted by Crippen LogP contribution is 2.37. The average molecular weight is 482 g/mol. The number of likely N-dealkylation sites (N-methyl/N-ethyl adjacent to an activating group) is 1. The van der Waals surface area contributed by atoms with Gasteiger partial charge in [-0.25, -0.2) is 4.39 Å². The molecule has 0 bridgehead atoms. The van der Waals surface area contributed by atoms with E-state index in [2.05, 4.69) is 11.9 Å². The van der Waals surface area contributed by atoms with Crippen LogP contribution in [0, 0.1) is 11.2 Å². The van der Waals surface area contributed by atoms with Crippen molar-refractivity contribution in [1.29, 1.82) is 0 Å². The van der Waals surface area contributed by atoms with E-state index in [1.165, 1.54) is 12.1 Å². The van der Waals surface area contributed by atoms with Crippen LogP contribution in [0.4, 0.5) is 4.39 Å². The minimum absolute atomic E-state index is 0.109. The van der Waals surface area contributed by atoms with Gasteiger partial charge in [0.2, 0.25) is 11.8 Å². The Bertz CT molecular complexity index is 967. The number of ether oxygens (including phenoxy) is 1. The minimum atomic E-state index is -0.288. The van der Waals surface area contributed by atoms with Crippen LogP contribution in [0.15, 0.2) is 54.6 Å². The number of aryl methyl sites for hydroxylation is 1. The highest BCUT2D eigenvalue weighted by atomic mass is 19.1.